The van der Waals surface area contributed by atoms with Crippen LogP contribution in [0.3, 0.4) is 0 Å². The van der Waals surface area contributed by atoms with Crippen molar-refractivity contribution >= 4 is 38.4 Å². The summed E-state index contributed by atoms with van der Waals surface area (Å²) in [5, 5.41) is 8.52. The summed E-state index contributed by atoms with van der Waals surface area (Å²) in [5.41, 5.74) is 7.92. The zero-order valence-corrected chi connectivity index (χ0v) is 20.9. The number of aromatic amines is 1. The fourth-order valence-electron chi connectivity index (χ4n) is 5.88. The molecule has 2 aliphatic heterocycles. The van der Waals surface area contributed by atoms with E-state index in [2.05, 4.69) is 20.1 Å². The molecule has 4 aromatic rings. The highest BCUT2D eigenvalue weighted by Crippen LogP contribution is 2.43. The number of nitrogens with two attached hydrogens (primary N) is 1. The molecule has 10 heteroatoms. The predicted octanol–water partition coefficient (Wildman–Crippen LogP) is 4.16. The quantitative estimate of drug-likeness (QED) is 0.419. The van der Waals surface area contributed by atoms with Crippen LogP contribution in [-0.4, -0.2) is 51.0 Å². The second-order valence-electron chi connectivity index (χ2n) is 9.73. The molecule has 186 valence electrons. The summed E-state index contributed by atoms with van der Waals surface area (Å²) in [6.07, 6.45) is 5.78. The summed E-state index contributed by atoms with van der Waals surface area (Å²) in [6, 6.07) is 16.2. The van der Waals surface area contributed by atoms with Crippen LogP contribution >= 0.6 is 0 Å². The van der Waals surface area contributed by atoms with Gasteiger partial charge in [0.25, 0.3) is 0 Å². The van der Waals surface area contributed by atoms with E-state index in [4.69, 9.17) is 10.7 Å². The summed E-state index contributed by atoms with van der Waals surface area (Å²) < 4.78 is 29.2. The van der Waals surface area contributed by atoms with Gasteiger partial charge < -0.3 is 10.6 Å². The van der Waals surface area contributed by atoms with Crippen LogP contribution in [0.15, 0.2) is 65.7 Å². The average molecular weight is 504 g/mol. The maximum atomic E-state index is 13.7. The molecule has 0 aliphatic carbocycles. The van der Waals surface area contributed by atoms with E-state index in [0.29, 0.717) is 29.4 Å². The first kappa shape index (κ1) is 22.9. The Kier molecular flexibility index (Phi) is 5.65. The van der Waals surface area contributed by atoms with Crippen LogP contribution in [-0.2, 0) is 10.0 Å². The number of nitrogens with zero attached hydrogens (tertiary/aromatic N) is 5. The van der Waals surface area contributed by atoms with Crippen molar-refractivity contribution in [3.8, 4) is 0 Å². The van der Waals surface area contributed by atoms with Crippen LogP contribution in [0.5, 0.6) is 0 Å². The maximum absolute atomic E-state index is 13.7. The van der Waals surface area contributed by atoms with Gasteiger partial charge in [-0.25, -0.2) is 13.4 Å². The molecular formula is C26H29N7O2S. The zero-order valence-electron chi connectivity index (χ0n) is 20.1. The van der Waals surface area contributed by atoms with Crippen molar-refractivity contribution in [3.63, 3.8) is 0 Å². The number of benzene rings is 1. The summed E-state index contributed by atoms with van der Waals surface area (Å²) in [5.74, 6) is 1.84. The number of fused-ring (bicyclic) bond motifs is 3. The Morgan fingerprint density at radius 3 is 2.50 bits per heavy atom. The lowest BCUT2D eigenvalue weighted by atomic mass is 9.83. The van der Waals surface area contributed by atoms with Gasteiger partial charge in [0, 0.05) is 47.5 Å². The molecule has 2 aliphatic rings. The van der Waals surface area contributed by atoms with Gasteiger partial charge in [-0.05, 0) is 56.9 Å². The van der Waals surface area contributed by atoms with Crippen molar-refractivity contribution in [2.75, 3.05) is 10.6 Å². The Bertz CT molecular complexity index is 1490. The fraction of sp³-hybridized carbons (Fsp3) is 0.346. The smallest absolute Gasteiger partial charge is 0.243 e. The Morgan fingerprint density at radius 2 is 1.81 bits per heavy atom. The van der Waals surface area contributed by atoms with E-state index in [9.17, 15) is 8.42 Å². The first-order valence-electron chi connectivity index (χ1n) is 12.3. The highest BCUT2D eigenvalue weighted by Gasteiger charge is 2.47. The van der Waals surface area contributed by atoms with Gasteiger partial charge in [-0.3, -0.25) is 10.1 Å². The molecule has 1 aromatic carbocycles. The van der Waals surface area contributed by atoms with E-state index in [-0.39, 0.29) is 18.1 Å². The largest absolute Gasteiger partial charge is 0.384 e. The van der Waals surface area contributed by atoms with Gasteiger partial charge in [0.1, 0.15) is 11.6 Å². The third-order valence-electron chi connectivity index (χ3n) is 7.33. The minimum absolute atomic E-state index is 0.00271. The molecule has 0 radical (unpaired) electrons. The third kappa shape index (κ3) is 3.90. The van der Waals surface area contributed by atoms with Gasteiger partial charge in [0.05, 0.1) is 10.4 Å². The molecule has 1 unspecified atom stereocenters. The number of nitrogen functional groups attached to an aromatic ring is 1. The minimum atomic E-state index is -3.59. The number of hydrogen-bond donors (Lipinski definition) is 2. The number of H-pyrrole nitrogens is 1. The first-order valence-corrected chi connectivity index (χ1v) is 13.8. The van der Waals surface area contributed by atoms with E-state index < -0.39 is 10.0 Å². The molecule has 2 saturated heterocycles. The SMILES string of the molecule is Cc1cc(N(c2nc(N)cc3ncccc23)C2C[C@H]3CCC[C@@H](C2)N3S(=O)(=O)c2ccccc2)n[nH]1. The van der Waals surface area contributed by atoms with Crippen molar-refractivity contribution in [2.24, 2.45) is 0 Å². The molecule has 0 spiro atoms. The van der Waals surface area contributed by atoms with E-state index in [1.54, 1.807) is 40.8 Å². The summed E-state index contributed by atoms with van der Waals surface area (Å²) in [4.78, 5) is 11.7. The highest BCUT2D eigenvalue weighted by atomic mass is 32.2. The Morgan fingerprint density at radius 1 is 1.06 bits per heavy atom. The highest BCUT2D eigenvalue weighted by molar-refractivity contribution is 7.89. The van der Waals surface area contributed by atoms with Gasteiger partial charge >= 0.3 is 0 Å². The van der Waals surface area contributed by atoms with Crippen LogP contribution in [0, 0.1) is 6.92 Å². The zero-order chi connectivity index (χ0) is 24.9. The van der Waals surface area contributed by atoms with E-state index in [0.717, 1.165) is 41.7 Å². The van der Waals surface area contributed by atoms with Crippen LogP contribution in [0.25, 0.3) is 10.9 Å². The van der Waals surface area contributed by atoms with Crippen molar-refractivity contribution in [3.05, 3.63) is 66.5 Å². The minimum Gasteiger partial charge on any atom is -0.384 e. The summed E-state index contributed by atoms with van der Waals surface area (Å²) in [6.45, 7) is 1.96. The second-order valence-corrected chi connectivity index (χ2v) is 11.6. The second kappa shape index (κ2) is 8.86. The topological polar surface area (TPSA) is 121 Å². The molecule has 9 nitrogen and oxygen atoms in total. The molecule has 2 fully saturated rings. The Hall–Kier alpha value is -3.50. The summed E-state index contributed by atoms with van der Waals surface area (Å²) in [7, 11) is -3.59. The van der Waals surface area contributed by atoms with Crippen molar-refractivity contribution in [2.45, 2.75) is 62.0 Å². The number of anilines is 3. The Labute approximate surface area is 210 Å². The molecule has 2 bridgehead atoms. The first-order chi connectivity index (χ1) is 17.4. The lowest BCUT2D eigenvalue weighted by Crippen LogP contribution is -2.58. The van der Waals surface area contributed by atoms with Crippen LogP contribution in [0.4, 0.5) is 17.5 Å². The number of piperidine rings is 2. The average Bonchev–Trinajstić information content (AvgIpc) is 3.29. The van der Waals surface area contributed by atoms with E-state index >= 15 is 0 Å². The summed E-state index contributed by atoms with van der Waals surface area (Å²) >= 11 is 0. The number of nitrogens with one attached hydrogen (secondary N) is 1. The molecule has 0 saturated carbocycles. The number of aromatic nitrogens is 4. The van der Waals surface area contributed by atoms with Crippen molar-refractivity contribution < 1.29 is 8.42 Å². The number of pyridine rings is 2. The van der Waals surface area contributed by atoms with Crippen LogP contribution < -0.4 is 10.6 Å². The molecule has 6 rings (SSSR count). The van der Waals surface area contributed by atoms with E-state index in [1.165, 1.54) is 0 Å². The van der Waals surface area contributed by atoms with Gasteiger partial charge in [-0.15, -0.1) is 0 Å². The number of rotatable bonds is 5. The van der Waals surface area contributed by atoms with Crippen LogP contribution in [0.1, 0.15) is 37.8 Å². The van der Waals surface area contributed by atoms with Gasteiger partial charge in [0.15, 0.2) is 5.82 Å². The molecule has 0 amide bonds. The van der Waals surface area contributed by atoms with Gasteiger partial charge in [-0.2, -0.15) is 9.40 Å². The monoisotopic (exact) mass is 503 g/mol. The number of sulfonamides is 1. The Balaban J connectivity index is 1.43. The molecular weight excluding hydrogens is 474 g/mol. The molecule has 36 heavy (non-hydrogen) atoms. The molecule has 3 aromatic heterocycles. The van der Waals surface area contributed by atoms with Crippen molar-refractivity contribution in [1.82, 2.24) is 24.5 Å². The van der Waals surface area contributed by atoms with Crippen LogP contribution in [0.2, 0.25) is 0 Å². The number of aryl methyl sites for hydroxylation is 1. The van der Waals surface area contributed by atoms with Gasteiger partial charge in [-0.1, -0.05) is 24.6 Å². The molecule has 5 heterocycles. The molecule has 3 atom stereocenters. The van der Waals surface area contributed by atoms with E-state index in [1.807, 2.05) is 31.2 Å². The maximum Gasteiger partial charge on any atom is 0.243 e. The normalized spacial score (nSPS) is 22.5. The van der Waals surface area contributed by atoms with Gasteiger partial charge in [0.2, 0.25) is 10.0 Å². The molecule has 3 N–H and O–H groups in total. The lowest BCUT2D eigenvalue weighted by Gasteiger charge is -2.50. The number of hydrogen-bond acceptors (Lipinski definition) is 7. The fourth-order valence-corrected chi connectivity index (χ4v) is 7.80. The predicted molar refractivity (Wildman–Crippen MR) is 139 cm³/mol. The lowest BCUT2D eigenvalue weighted by molar-refractivity contribution is 0.110. The standard InChI is InChI=1S/C26H29N7O2S/c1-17-13-25(31-30-17)32(26-22-11-6-12-28-23(22)16-24(27)29-26)20-14-18-7-5-8-19(15-20)33(18)36(34,35)21-9-3-2-4-10-21/h2-4,6,9-13,16,18-20H,5,7-8,14-15H2,1H3,(H2,27,29)(H,30,31)/t18-,19+,20?. The third-order valence-corrected chi connectivity index (χ3v) is 9.35. The van der Waals surface area contributed by atoms with Crippen molar-refractivity contribution in [1.29, 1.82) is 0 Å².